The quantitative estimate of drug-likeness (QED) is 0.767. The zero-order valence-electron chi connectivity index (χ0n) is 13.1. The number of ether oxygens (including phenoxy) is 2. The fourth-order valence-electron chi connectivity index (χ4n) is 2.48. The third-order valence-corrected chi connectivity index (χ3v) is 4.64. The summed E-state index contributed by atoms with van der Waals surface area (Å²) in [7, 11) is 0. The SMILES string of the molecule is Cc1cnc(N(C(=O)N2CCOCC2)C(=O)N2CCOCC2)s1. The van der Waals surface area contributed by atoms with Crippen LogP contribution in [0.4, 0.5) is 14.7 Å². The molecule has 0 unspecified atom stereocenters. The topological polar surface area (TPSA) is 75.2 Å². The van der Waals surface area contributed by atoms with E-state index in [0.717, 1.165) is 4.88 Å². The fraction of sp³-hybridized carbons (Fsp3) is 0.643. The van der Waals surface area contributed by atoms with Crippen molar-refractivity contribution >= 4 is 28.5 Å². The molecule has 126 valence electrons. The van der Waals surface area contributed by atoms with Crippen LogP contribution >= 0.6 is 11.3 Å². The number of hydrogen-bond donors (Lipinski definition) is 0. The van der Waals surface area contributed by atoms with E-state index in [1.165, 1.54) is 16.2 Å². The number of aryl methyl sites for hydroxylation is 1. The van der Waals surface area contributed by atoms with E-state index in [1.54, 1.807) is 16.0 Å². The van der Waals surface area contributed by atoms with Gasteiger partial charge in [0.25, 0.3) is 0 Å². The molecule has 1 aromatic rings. The molecule has 2 saturated heterocycles. The van der Waals surface area contributed by atoms with Gasteiger partial charge in [-0.05, 0) is 6.92 Å². The molecule has 4 amide bonds. The molecule has 0 N–H and O–H groups in total. The van der Waals surface area contributed by atoms with Crippen molar-refractivity contribution in [2.45, 2.75) is 6.92 Å². The van der Waals surface area contributed by atoms with Gasteiger partial charge in [0, 0.05) is 37.3 Å². The van der Waals surface area contributed by atoms with Crippen LogP contribution in [0, 0.1) is 6.92 Å². The van der Waals surface area contributed by atoms with Gasteiger partial charge in [-0.3, -0.25) is 0 Å². The van der Waals surface area contributed by atoms with Gasteiger partial charge >= 0.3 is 12.1 Å². The van der Waals surface area contributed by atoms with Gasteiger partial charge in [-0.1, -0.05) is 0 Å². The molecule has 2 fully saturated rings. The lowest BCUT2D eigenvalue weighted by atomic mass is 10.4. The van der Waals surface area contributed by atoms with Crippen molar-refractivity contribution in [3.05, 3.63) is 11.1 Å². The Balaban J connectivity index is 1.83. The molecule has 8 nitrogen and oxygen atoms in total. The first kappa shape index (κ1) is 16.2. The number of carbonyl (C=O) groups is 2. The van der Waals surface area contributed by atoms with Crippen LogP contribution in [-0.2, 0) is 9.47 Å². The number of hydrogen-bond acceptors (Lipinski definition) is 6. The molecule has 3 heterocycles. The smallest absolute Gasteiger partial charge is 0.334 e. The summed E-state index contributed by atoms with van der Waals surface area (Å²) in [6.07, 6.45) is 1.67. The van der Waals surface area contributed by atoms with E-state index in [-0.39, 0.29) is 12.1 Å². The second kappa shape index (κ2) is 7.24. The van der Waals surface area contributed by atoms with Crippen LogP contribution in [0.15, 0.2) is 6.20 Å². The minimum Gasteiger partial charge on any atom is -0.378 e. The van der Waals surface area contributed by atoms with E-state index in [2.05, 4.69) is 4.98 Å². The van der Waals surface area contributed by atoms with Gasteiger partial charge in [-0.15, -0.1) is 11.3 Å². The molecule has 2 aliphatic rings. The predicted molar refractivity (Wildman–Crippen MR) is 84.9 cm³/mol. The lowest BCUT2D eigenvalue weighted by Crippen LogP contribution is -2.55. The number of imide groups is 1. The van der Waals surface area contributed by atoms with Gasteiger partial charge in [-0.2, -0.15) is 4.90 Å². The van der Waals surface area contributed by atoms with E-state index in [1.807, 2.05) is 6.92 Å². The van der Waals surface area contributed by atoms with E-state index in [4.69, 9.17) is 9.47 Å². The largest absolute Gasteiger partial charge is 0.378 e. The first-order valence-corrected chi connectivity index (χ1v) is 8.44. The van der Waals surface area contributed by atoms with Gasteiger partial charge in [0.05, 0.1) is 26.4 Å². The van der Waals surface area contributed by atoms with E-state index >= 15 is 0 Å². The minimum atomic E-state index is -0.334. The third-order valence-electron chi connectivity index (χ3n) is 3.75. The lowest BCUT2D eigenvalue weighted by Gasteiger charge is -2.34. The zero-order chi connectivity index (χ0) is 16.2. The number of thiazole rings is 1. The van der Waals surface area contributed by atoms with Crippen LogP contribution in [0.2, 0.25) is 0 Å². The summed E-state index contributed by atoms with van der Waals surface area (Å²) < 4.78 is 10.6. The van der Waals surface area contributed by atoms with Gasteiger partial charge in [0.2, 0.25) is 5.13 Å². The fourth-order valence-corrected chi connectivity index (χ4v) is 3.23. The molecule has 3 rings (SSSR count). The summed E-state index contributed by atoms with van der Waals surface area (Å²) >= 11 is 1.34. The number of amides is 4. The predicted octanol–water partition coefficient (Wildman–Crippen LogP) is 1.16. The number of carbonyl (C=O) groups excluding carboxylic acids is 2. The Morgan fingerprint density at radius 2 is 1.52 bits per heavy atom. The summed E-state index contributed by atoms with van der Waals surface area (Å²) in [5.41, 5.74) is 0. The average molecular weight is 340 g/mol. The maximum atomic E-state index is 12.9. The molecule has 0 bridgehead atoms. The Kier molecular flexibility index (Phi) is 5.09. The van der Waals surface area contributed by atoms with Gasteiger partial charge in [0.1, 0.15) is 0 Å². The van der Waals surface area contributed by atoms with Crippen LogP contribution in [-0.4, -0.2) is 79.5 Å². The number of aromatic nitrogens is 1. The highest BCUT2D eigenvalue weighted by Crippen LogP contribution is 2.25. The molecule has 2 aliphatic heterocycles. The third kappa shape index (κ3) is 3.62. The zero-order valence-corrected chi connectivity index (χ0v) is 13.9. The highest BCUT2D eigenvalue weighted by molar-refractivity contribution is 7.15. The van der Waals surface area contributed by atoms with Gasteiger partial charge in [-0.25, -0.2) is 14.6 Å². The molecule has 0 saturated carbocycles. The highest BCUT2D eigenvalue weighted by Gasteiger charge is 2.34. The van der Waals surface area contributed by atoms with Crippen molar-refractivity contribution in [1.82, 2.24) is 14.8 Å². The summed E-state index contributed by atoms with van der Waals surface area (Å²) in [6, 6.07) is -0.668. The van der Waals surface area contributed by atoms with Crippen LogP contribution in [0.1, 0.15) is 4.88 Å². The normalized spacial score (nSPS) is 18.8. The number of nitrogens with zero attached hydrogens (tertiary/aromatic N) is 4. The standard InChI is InChI=1S/C14H20N4O4S/c1-11-10-15-12(23-11)18(13(19)16-2-6-21-7-3-16)14(20)17-4-8-22-9-5-17/h10H,2-9H2,1H3. The second-order valence-corrected chi connectivity index (χ2v) is 6.57. The highest BCUT2D eigenvalue weighted by atomic mass is 32.1. The van der Waals surface area contributed by atoms with Crippen molar-refractivity contribution in [3.63, 3.8) is 0 Å². The first-order chi connectivity index (χ1) is 11.2. The molecule has 0 aliphatic carbocycles. The van der Waals surface area contributed by atoms with Crippen LogP contribution in [0.5, 0.6) is 0 Å². The van der Waals surface area contributed by atoms with Gasteiger partial charge < -0.3 is 19.3 Å². The number of rotatable bonds is 1. The van der Waals surface area contributed by atoms with Crippen LogP contribution in [0.3, 0.4) is 0 Å². The molecule has 0 aromatic carbocycles. The number of morpholine rings is 2. The maximum absolute atomic E-state index is 12.9. The van der Waals surface area contributed by atoms with Crippen molar-refractivity contribution in [2.24, 2.45) is 0 Å². The molecule has 1 aromatic heterocycles. The van der Waals surface area contributed by atoms with Crippen LogP contribution in [0.25, 0.3) is 0 Å². The van der Waals surface area contributed by atoms with Crippen molar-refractivity contribution < 1.29 is 19.1 Å². The van der Waals surface area contributed by atoms with Crippen molar-refractivity contribution in [2.75, 3.05) is 57.5 Å². The molecular formula is C14H20N4O4S. The molecular weight excluding hydrogens is 320 g/mol. The Hall–Kier alpha value is -1.71. The average Bonchev–Trinajstić information content (AvgIpc) is 3.02. The Morgan fingerprint density at radius 3 is 1.91 bits per heavy atom. The Bertz CT molecular complexity index is 537. The molecule has 23 heavy (non-hydrogen) atoms. The molecule has 0 atom stereocenters. The van der Waals surface area contributed by atoms with Gasteiger partial charge in [0.15, 0.2) is 0 Å². The van der Waals surface area contributed by atoms with Crippen LogP contribution < -0.4 is 4.90 Å². The molecule has 9 heteroatoms. The van der Waals surface area contributed by atoms with Crippen molar-refractivity contribution in [1.29, 1.82) is 0 Å². The monoisotopic (exact) mass is 340 g/mol. The second-order valence-electron chi connectivity index (χ2n) is 5.35. The molecule has 0 spiro atoms. The minimum absolute atomic E-state index is 0.334. The van der Waals surface area contributed by atoms with E-state index < -0.39 is 0 Å². The van der Waals surface area contributed by atoms with Crippen molar-refractivity contribution in [3.8, 4) is 0 Å². The summed E-state index contributed by atoms with van der Waals surface area (Å²) in [5, 5.41) is 0.412. The van der Waals surface area contributed by atoms with E-state index in [0.29, 0.717) is 57.7 Å². The number of anilines is 1. The van der Waals surface area contributed by atoms with E-state index in [9.17, 15) is 9.59 Å². The molecule has 0 radical (unpaired) electrons. The first-order valence-electron chi connectivity index (χ1n) is 7.62. The number of urea groups is 2. The summed E-state index contributed by atoms with van der Waals surface area (Å²) in [6.45, 7) is 5.78. The summed E-state index contributed by atoms with van der Waals surface area (Å²) in [4.78, 5) is 35.4. The lowest BCUT2D eigenvalue weighted by molar-refractivity contribution is 0.0498. The Morgan fingerprint density at radius 1 is 1.04 bits per heavy atom. The maximum Gasteiger partial charge on any atom is 0.334 e. The summed E-state index contributed by atoms with van der Waals surface area (Å²) in [5.74, 6) is 0. The Labute approximate surface area is 138 Å².